The van der Waals surface area contributed by atoms with Gasteiger partial charge in [-0.2, -0.15) is 0 Å². The zero-order valence-corrected chi connectivity index (χ0v) is 12.9. The fourth-order valence-corrected chi connectivity index (χ4v) is 2.70. The van der Waals surface area contributed by atoms with Crippen molar-refractivity contribution in [3.8, 4) is 22.8 Å². The number of imidazole rings is 1. The smallest absolute Gasteiger partial charge is 0.201 e. The molecule has 0 fully saturated rings. The van der Waals surface area contributed by atoms with Crippen LogP contribution in [0.5, 0.6) is 11.5 Å². The lowest BCUT2D eigenvalue weighted by atomic mass is 10.0. The molecule has 19 heavy (non-hydrogen) atoms. The highest BCUT2D eigenvalue weighted by atomic mass is 79.9. The molecular weight excluding hydrogens is 310 g/mol. The van der Waals surface area contributed by atoms with Crippen LogP contribution in [0.4, 0.5) is 5.95 Å². The van der Waals surface area contributed by atoms with Gasteiger partial charge in [-0.3, -0.25) is 0 Å². The molecule has 2 aromatic rings. The SMILES string of the molecule is COc1cc(C)c(-c2c(Br)nc(N)n2C)c(OC)c1. The van der Waals surface area contributed by atoms with E-state index >= 15 is 0 Å². The lowest BCUT2D eigenvalue weighted by Gasteiger charge is -2.14. The normalized spacial score (nSPS) is 10.6. The van der Waals surface area contributed by atoms with E-state index in [0.29, 0.717) is 10.6 Å². The van der Waals surface area contributed by atoms with E-state index < -0.39 is 0 Å². The van der Waals surface area contributed by atoms with Crippen LogP contribution in [0.2, 0.25) is 0 Å². The van der Waals surface area contributed by atoms with E-state index in [1.165, 1.54) is 0 Å². The summed E-state index contributed by atoms with van der Waals surface area (Å²) in [6.07, 6.45) is 0. The molecule has 0 saturated carbocycles. The van der Waals surface area contributed by atoms with E-state index in [1.54, 1.807) is 14.2 Å². The second-order valence-electron chi connectivity index (χ2n) is 4.19. The first-order valence-electron chi connectivity index (χ1n) is 5.70. The molecule has 0 atom stereocenters. The second kappa shape index (κ2) is 5.13. The number of nitrogens with two attached hydrogens (primary N) is 1. The van der Waals surface area contributed by atoms with Crippen LogP contribution in [0.25, 0.3) is 11.3 Å². The van der Waals surface area contributed by atoms with Gasteiger partial charge in [-0.15, -0.1) is 0 Å². The first-order valence-corrected chi connectivity index (χ1v) is 6.49. The van der Waals surface area contributed by atoms with Crippen molar-refractivity contribution in [2.24, 2.45) is 7.05 Å². The summed E-state index contributed by atoms with van der Waals surface area (Å²) in [4.78, 5) is 4.22. The number of nitrogen functional groups attached to an aromatic ring is 1. The number of ether oxygens (including phenoxy) is 2. The lowest BCUT2D eigenvalue weighted by Crippen LogP contribution is -2.01. The minimum Gasteiger partial charge on any atom is -0.497 e. The van der Waals surface area contributed by atoms with Gasteiger partial charge in [-0.1, -0.05) is 0 Å². The molecule has 5 nitrogen and oxygen atoms in total. The summed E-state index contributed by atoms with van der Waals surface area (Å²) in [5.74, 6) is 1.92. The predicted molar refractivity (Wildman–Crippen MR) is 78.6 cm³/mol. The Bertz CT molecular complexity index is 623. The number of aryl methyl sites for hydroxylation is 1. The monoisotopic (exact) mass is 325 g/mol. The van der Waals surface area contributed by atoms with Gasteiger partial charge in [0.05, 0.1) is 19.9 Å². The molecule has 0 saturated heterocycles. The third-order valence-corrected chi connectivity index (χ3v) is 3.61. The summed E-state index contributed by atoms with van der Waals surface area (Å²) in [7, 11) is 5.13. The molecule has 0 aliphatic carbocycles. The van der Waals surface area contributed by atoms with Gasteiger partial charge < -0.3 is 19.8 Å². The van der Waals surface area contributed by atoms with Crippen LogP contribution >= 0.6 is 15.9 Å². The summed E-state index contributed by atoms with van der Waals surface area (Å²) in [6, 6.07) is 3.80. The Morgan fingerprint density at radius 2 is 1.95 bits per heavy atom. The molecule has 2 rings (SSSR count). The average Bonchev–Trinajstić information content (AvgIpc) is 2.63. The average molecular weight is 326 g/mol. The van der Waals surface area contributed by atoms with Crippen LogP contribution in [-0.4, -0.2) is 23.8 Å². The molecule has 0 bridgehead atoms. The number of hydrogen-bond acceptors (Lipinski definition) is 4. The molecule has 0 spiro atoms. The van der Waals surface area contributed by atoms with Crippen LogP contribution < -0.4 is 15.2 Å². The molecule has 1 aromatic heterocycles. The van der Waals surface area contributed by atoms with Crippen molar-refractivity contribution in [2.75, 3.05) is 20.0 Å². The van der Waals surface area contributed by atoms with Crippen molar-refractivity contribution in [2.45, 2.75) is 6.92 Å². The number of anilines is 1. The summed E-state index contributed by atoms with van der Waals surface area (Å²) in [5, 5.41) is 0. The van der Waals surface area contributed by atoms with Gasteiger partial charge in [0.1, 0.15) is 16.1 Å². The van der Waals surface area contributed by atoms with E-state index in [2.05, 4.69) is 20.9 Å². The Hall–Kier alpha value is -1.69. The van der Waals surface area contributed by atoms with Gasteiger partial charge >= 0.3 is 0 Å². The van der Waals surface area contributed by atoms with Gasteiger partial charge in [0.15, 0.2) is 0 Å². The largest absolute Gasteiger partial charge is 0.497 e. The van der Waals surface area contributed by atoms with Gasteiger partial charge in [-0.25, -0.2) is 4.98 Å². The van der Waals surface area contributed by atoms with E-state index in [0.717, 1.165) is 28.3 Å². The van der Waals surface area contributed by atoms with Gasteiger partial charge in [-0.05, 0) is 34.5 Å². The van der Waals surface area contributed by atoms with Gasteiger partial charge in [0, 0.05) is 18.7 Å². The Morgan fingerprint density at radius 1 is 1.26 bits per heavy atom. The number of rotatable bonds is 3. The van der Waals surface area contributed by atoms with Crippen LogP contribution in [0.15, 0.2) is 16.7 Å². The van der Waals surface area contributed by atoms with Crippen molar-refractivity contribution < 1.29 is 9.47 Å². The molecule has 0 unspecified atom stereocenters. The first kappa shape index (κ1) is 13.7. The van der Waals surface area contributed by atoms with Crippen molar-refractivity contribution in [3.05, 3.63) is 22.3 Å². The molecule has 0 aliphatic rings. The predicted octanol–water partition coefficient (Wildman–Crippen LogP) is 2.76. The molecule has 0 amide bonds. The highest BCUT2D eigenvalue weighted by Gasteiger charge is 2.19. The van der Waals surface area contributed by atoms with Crippen molar-refractivity contribution in [3.63, 3.8) is 0 Å². The van der Waals surface area contributed by atoms with Crippen molar-refractivity contribution in [1.29, 1.82) is 0 Å². The minimum atomic E-state index is 0.444. The fourth-order valence-electron chi connectivity index (χ4n) is 2.06. The zero-order valence-electron chi connectivity index (χ0n) is 11.3. The topological polar surface area (TPSA) is 62.3 Å². The molecule has 2 N–H and O–H groups in total. The maximum atomic E-state index is 5.83. The number of hydrogen-bond donors (Lipinski definition) is 1. The Labute approximate surface area is 120 Å². The lowest BCUT2D eigenvalue weighted by molar-refractivity contribution is 0.394. The van der Waals surface area contributed by atoms with Crippen LogP contribution in [0.1, 0.15) is 5.56 Å². The summed E-state index contributed by atoms with van der Waals surface area (Å²) < 4.78 is 13.2. The van der Waals surface area contributed by atoms with Crippen molar-refractivity contribution >= 4 is 21.9 Å². The van der Waals surface area contributed by atoms with E-state index in [1.807, 2.05) is 30.7 Å². The fraction of sp³-hybridized carbons (Fsp3) is 0.308. The molecule has 0 radical (unpaired) electrons. The Kier molecular flexibility index (Phi) is 3.71. The standard InChI is InChI=1S/C13H16BrN3O2/c1-7-5-8(18-3)6-9(19-4)10(7)11-12(14)16-13(15)17(11)2/h5-6H,1-4H3,(H2,15,16). The Balaban J connectivity index is 2.74. The molecular formula is C13H16BrN3O2. The maximum absolute atomic E-state index is 5.83. The third-order valence-electron chi connectivity index (χ3n) is 3.05. The third kappa shape index (κ3) is 2.28. The highest BCUT2D eigenvalue weighted by Crippen LogP contribution is 2.40. The summed E-state index contributed by atoms with van der Waals surface area (Å²) in [5.41, 5.74) is 8.69. The molecule has 1 heterocycles. The Morgan fingerprint density at radius 3 is 2.42 bits per heavy atom. The summed E-state index contributed by atoms with van der Waals surface area (Å²) >= 11 is 3.44. The number of methoxy groups -OCH3 is 2. The van der Waals surface area contributed by atoms with Crippen LogP contribution in [0, 0.1) is 6.92 Å². The number of aromatic nitrogens is 2. The molecule has 1 aromatic carbocycles. The van der Waals surface area contributed by atoms with Gasteiger partial charge in [0.25, 0.3) is 0 Å². The maximum Gasteiger partial charge on any atom is 0.201 e. The van der Waals surface area contributed by atoms with Crippen molar-refractivity contribution in [1.82, 2.24) is 9.55 Å². The summed E-state index contributed by atoms with van der Waals surface area (Å²) in [6.45, 7) is 2.00. The highest BCUT2D eigenvalue weighted by molar-refractivity contribution is 9.10. The second-order valence-corrected chi connectivity index (χ2v) is 4.94. The van der Waals surface area contributed by atoms with Crippen LogP contribution in [0.3, 0.4) is 0 Å². The number of benzene rings is 1. The van der Waals surface area contributed by atoms with E-state index in [4.69, 9.17) is 15.2 Å². The first-order chi connectivity index (χ1) is 8.99. The molecule has 0 aliphatic heterocycles. The molecule has 102 valence electrons. The van der Waals surface area contributed by atoms with Crippen LogP contribution in [-0.2, 0) is 7.05 Å². The molecule has 6 heteroatoms. The van der Waals surface area contributed by atoms with E-state index in [9.17, 15) is 0 Å². The minimum absolute atomic E-state index is 0.444. The zero-order chi connectivity index (χ0) is 14.2. The van der Waals surface area contributed by atoms with Gasteiger partial charge in [0.2, 0.25) is 5.95 Å². The van der Waals surface area contributed by atoms with E-state index in [-0.39, 0.29) is 0 Å². The quantitative estimate of drug-likeness (QED) is 0.942. The number of nitrogens with zero attached hydrogens (tertiary/aromatic N) is 2. The number of halogens is 1.